The number of aromatic nitrogens is 2. The number of rotatable bonds is 7. The van der Waals surface area contributed by atoms with Gasteiger partial charge >= 0.3 is 5.97 Å². The van der Waals surface area contributed by atoms with Crippen LogP contribution >= 0.6 is 53.9 Å². The first-order valence-corrected chi connectivity index (χ1v) is 13.7. The number of thioether (sulfide) groups is 1. The molecule has 2 amide bonds. The highest BCUT2D eigenvalue weighted by atomic mass is 127. The Balaban J connectivity index is 1.76. The summed E-state index contributed by atoms with van der Waals surface area (Å²) in [6.07, 6.45) is 0. The maximum Gasteiger partial charge on any atom is 0.356 e. The minimum absolute atomic E-state index is 0.0303. The van der Waals surface area contributed by atoms with Crippen molar-refractivity contribution < 1.29 is 18.9 Å². The van der Waals surface area contributed by atoms with Gasteiger partial charge in [-0.1, -0.05) is 22.6 Å². The minimum atomic E-state index is -1.41. The van der Waals surface area contributed by atoms with Crippen LogP contribution in [0.4, 0.5) is 5.13 Å². The summed E-state index contributed by atoms with van der Waals surface area (Å²) in [4.78, 5) is 47.7. The molecular weight excluding hydrogens is 561 g/mol. The van der Waals surface area contributed by atoms with E-state index in [0.29, 0.717) is 15.3 Å². The Morgan fingerprint density at radius 1 is 1.50 bits per heavy atom. The van der Waals surface area contributed by atoms with Gasteiger partial charge in [-0.15, -0.1) is 11.8 Å². The molecule has 3 atom stereocenters. The van der Waals surface area contributed by atoms with Crippen LogP contribution < -0.4 is 10.6 Å². The number of carbonyl (C=O) groups is 3. The molecule has 0 spiro atoms. The molecule has 0 aromatic carbocycles. The third kappa shape index (κ3) is 4.51. The van der Waals surface area contributed by atoms with Gasteiger partial charge in [-0.3, -0.25) is 19.5 Å². The van der Waals surface area contributed by atoms with Gasteiger partial charge in [0.2, 0.25) is 5.13 Å². The zero-order valence-electron chi connectivity index (χ0n) is 16.2. The van der Waals surface area contributed by atoms with E-state index < -0.39 is 31.3 Å². The normalized spacial score (nSPS) is 22.2. The van der Waals surface area contributed by atoms with Crippen LogP contribution in [0.25, 0.3) is 0 Å². The van der Waals surface area contributed by atoms with Crippen molar-refractivity contribution in [2.75, 3.05) is 36.3 Å². The Morgan fingerprint density at radius 3 is 2.80 bits per heavy atom. The minimum Gasteiger partial charge on any atom is -0.452 e. The summed E-state index contributed by atoms with van der Waals surface area (Å²) in [7, 11) is 7.38. The standard InChI is InChI=1S/C15H17BIN6O4PS2/c1-18-7(10-21-15(19-2)30-22-10)11(24)20-8-12(25)23-9(14(26)27-28(3)16)6(4-17)5-29-13(8)23/h8,13H,4-5H2,1-3H3,(H,20,24)(H,19,21,22). The van der Waals surface area contributed by atoms with E-state index in [1.165, 1.54) is 23.7 Å². The number of hydrogen-bond acceptors (Lipinski definition) is 10. The number of nitrogens with one attached hydrogen (secondary N) is 2. The Bertz CT molecular complexity index is 942. The second-order valence-corrected chi connectivity index (χ2v) is 10.0. The van der Waals surface area contributed by atoms with Crippen molar-refractivity contribution in [3.8, 4) is 0 Å². The molecule has 1 fully saturated rings. The summed E-state index contributed by atoms with van der Waals surface area (Å²) in [5.41, 5.74) is 1.06. The van der Waals surface area contributed by atoms with Gasteiger partial charge in [0.25, 0.3) is 11.8 Å². The highest BCUT2D eigenvalue weighted by Crippen LogP contribution is 2.42. The number of nitrogens with zero attached hydrogens (tertiary/aromatic N) is 4. The van der Waals surface area contributed by atoms with E-state index in [1.54, 1.807) is 13.7 Å². The largest absolute Gasteiger partial charge is 0.452 e. The summed E-state index contributed by atoms with van der Waals surface area (Å²) in [6.45, 7) is 1.60. The first-order valence-electron chi connectivity index (χ1n) is 8.55. The Kier molecular flexibility index (Phi) is 7.74. The maximum absolute atomic E-state index is 12.8. The zero-order chi connectivity index (χ0) is 22.0. The SMILES string of the molecule is [B]P(C)OC(=O)C1=C(CI)CSC2C(NC(=O)C(=NC)c3nsc(NC)n3)C(=O)N12. The highest BCUT2D eigenvalue weighted by molar-refractivity contribution is 14.1. The van der Waals surface area contributed by atoms with Crippen LogP contribution in [0.2, 0.25) is 0 Å². The van der Waals surface area contributed by atoms with E-state index >= 15 is 0 Å². The molecule has 2 N–H and O–H groups in total. The summed E-state index contributed by atoms with van der Waals surface area (Å²) < 4.78 is 9.86. The van der Waals surface area contributed by atoms with E-state index in [0.717, 1.165) is 17.1 Å². The number of amides is 2. The van der Waals surface area contributed by atoms with E-state index in [4.69, 9.17) is 12.1 Å². The summed E-state index contributed by atoms with van der Waals surface area (Å²) in [5, 5.41) is 5.68. The summed E-state index contributed by atoms with van der Waals surface area (Å²) in [5.74, 6) is -0.814. The summed E-state index contributed by atoms with van der Waals surface area (Å²) >= 11 is 4.72. The van der Waals surface area contributed by atoms with Gasteiger partial charge in [0.1, 0.15) is 17.1 Å². The van der Waals surface area contributed by atoms with Crippen LogP contribution in [0.1, 0.15) is 5.82 Å². The lowest BCUT2D eigenvalue weighted by Crippen LogP contribution is -2.71. The van der Waals surface area contributed by atoms with Gasteiger partial charge in [-0.2, -0.15) is 9.36 Å². The quantitative estimate of drug-likeness (QED) is 0.121. The Hall–Kier alpha value is -1.25. The van der Waals surface area contributed by atoms with Gasteiger partial charge in [-0.05, 0) is 12.2 Å². The molecule has 2 radical (unpaired) electrons. The fourth-order valence-electron chi connectivity index (χ4n) is 2.88. The molecule has 0 aliphatic carbocycles. The Labute approximate surface area is 197 Å². The molecular formula is C15H17BIN6O4PS2. The van der Waals surface area contributed by atoms with Gasteiger partial charge in [0, 0.05) is 43.8 Å². The van der Waals surface area contributed by atoms with E-state index in [1.807, 2.05) is 0 Å². The first kappa shape index (κ1) is 23.4. The van der Waals surface area contributed by atoms with E-state index in [2.05, 4.69) is 47.6 Å². The van der Waals surface area contributed by atoms with E-state index in [9.17, 15) is 14.4 Å². The fraction of sp³-hybridized carbons (Fsp3) is 0.467. The second kappa shape index (κ2) is 9.92. The number of alkyl halides is 1. The third-order valence-electron chi connectivity index (χ3n) is 4.21. The number of fused-ring (bicyclic) bond motifs is 1. The molecule has 1 aromatic heterocycles. The van der Waals surface area contributed by atoms with Crippen molar-refractivity contribution in [3.05, 3.63) is 17.1 Å². The molecule has 2 aliphatic heterocycles. The molecule has 3 rings (SSSR count). The predicted octanol–water partition coefficient (Wildman–Crippen LogP) is 0.741. The molecule has 10 nitrogen and oxygen atoms in total. The topological polar surface area (TPSA) is 126 Å². The number of halogens is 1. The molecule has 3 heterocycles. The lowest BCUT2D eigenvalue weighted by atomic mass is 10.0. The summed E-state index contributed by atoms with van der Waals surface area (Å²) in [6, 6.07) is -0.791. The molecule has 2 aliphatic rings. The van der Waals surface area contributed by atoms with Crippen LogP contribution in [0, 0.1) is 0 Å². The molecule has 15 heteroatoms. The molecule has 158 valence electrons. The number of carbonyl (C=O) groups excluding carboxylic acids is 3. The molecule has 0 saturated carbocycles. The molecule has 1 saturated heterocycles. The van der Waals surface area contributed by atoms with Crippen molar-refractivity contribution in [3.63, 3.8) is 0 Å². The van der Waals surface area contributed by atoms with Gasteiger partial charge in [-0.25, -0.2) is 4.79 Å². The number of hydrogen-bond donors (Lipinski definition) is 2. The monoisotopic (exact) mass is 578 g/mol. The van der Waals surface area contributed by atoms with Crippen molar-refractivity contribution in [1.29, 1.82) is 0 Å². The first-order chi connectivity index (χ1) is 14.3. The molecule has 0 bridgehead atoms. The number of anilines is 1. The lowest BCUT2D eigenvalue weighted by molar-refractivity contribution is -0.149. The number of β-lactam (4-membered cyclic amide) rings is 1. The maximum atomic E-state index is 12.8. The Morgan fingerprint density at radius 2 is 2.23 bits per heavy atom. The number of aliphatic imine (C=N–C) groups is 1. The van der Waals surface area contributed by atoms with Crippen molar-refractivity contribution in [1.82, 2.24) is 19.6 Å². The van der Waals surface area contributed by atoms with Crippen LogP contribution in [0.15, 0.2) is 16.3 Å². The zero-order valence-corrected chi connectivity index (χ0v) is 20.9. The fourth-order valence-corrected chi connectivity index (χ4v) is 6.09. The smallest absolute Gasteiger partial charge is 0.356 e. The van der Waals surface area contributed by atoms with Crippen LogP contribution in [-0.4, -0.2) is 87.7 Å². The third-order valence-corrected chi connectivity index (χ3v) is 7.65. The average Bonchev–Trinajstić information content (AvgIpc) is 3.19. The predicted molar refractivity (Wildman–Crippen MR) is 128 cm³/mol. The van der Waals surface area contributed by atoms with Crippen molar-refractivity contribution in [2.45, 2.75) is 11.4 Å². The highest BCUT2D eigenvalue weighted by Gasteiger charge is 2.54. The van der Waals surface area contributed by atoms with Crippen molar-refractivity contribution >= 4 is 90.1 Å². The van der Waals surface area contributed by atoms with Gasteiger partial charge in [0.05, 0.1) is 0 Å². The molecule has 30 heavy (non-hydrogen) atoms. The molecule has 1 aromatic rings. The van der Waals surface area contributed by atoms with Crippen LogP contribution in [0.3, 0.4) is 0 Å². The van der Waals surface area contributed by atoms with Gasteiger partial charge < -0.3 is 15.2 Å². The molecule has 3 unspecified atom stereocenters. The van der Waals surface area contributed by atoms with Crippen LogP contribution in [0.5, 0.6) is 0 Å². The second-order valence-electron chi connectivity index (χ2n) is 6.12. The lowest BCUT2D eigenvalue weighted by Gasteiger charge is -2.49. The average molecular weight is 578 g/mol. The van der Waals surface area contributed by atoms with Crippen molar-refractivity contribution in [2.24, 2.45) is 4.99 Å². The van der Waals surface area contributed by atoms with Gasteiger partial charge in [0.15, 0.2) is 19.1 Å². The van der Waals surface area contributed by atoms with E-state index in [-0.39, 0.29) is 23.1 Å². The van der Waals surface area contributed by atoms with Crippen LogP contribution in [-0.2, 0) is 18.9 Å².